The van der Waals surface area contributed by atoms with E-state index in [1.165, 1.54) is 0 Å². The van der Waals surface area contributed by atoms with E-state index in [-0.39, 0.29) is 11.3 Å². The molecule has 0 radical (unpaired) electrons. The van der Waals surface area contributed by atoms with Gasteiger partial charge in [-0.3, -0.25) is 0 Å². The molecule has 0 amide bonds. The van der Waals surface area contributed by atoms with Crippen LogP contribution in [0.25, 0.3) is 0 Å². The largest absolute Gasteiger partial charge is 0.214 e. The fourth-order valence-corrected chi connectivity index (χ4v) is 3.53. The van der Waals surface area contributed by atoms with Crippen molar-refractivity contribution in [2.45, 2.75) is 43.7 Å². The standard InChI is InChI=1S/C8H17NO2S2/c1-6(2)13(10,11)9-8-4-5-12-7(8)3/h6-9H,4-5H2,1-3H3. The smallest absolute Gasteiger partial charge is 0.212 e. The second-order valence-electron chi connectivity index (χ2n) is 3.68. The van der Waals surface area contributed by atoms with Gasteiger partial charge in [0, 0.05) is 11.3 Å². The highest BCUT2D eigenvalue weighted by atomic mass is 32.2. The summed E-state index contributed by atoms with van der Waals surface area (Å²) in [5.41, 5.74) is 0. The Labute approximate surface area is 84.7 Å². The summed E-state index contributed by atoms with van der Waals surface area (Å²) in [5.74, 6) is 1.06. The van der Waals surface area contributed by atoms with Crippen LogP contribution < -0.4 is 4.72 Å². The maximum absolute atomic E-state index is 11.5. The van der Waals surface area contributed by atoms with Gasteiger partial charge >= 0.3 is 0 Å². The van der Waals surface area contributed by atoms with Gasteiger partial charge in [0.25, 0.3) is 0 Å². The molecule has 2 atom stereocenters. The Hall–Kier alpha value is 0.260. The molecule has 1 saturated heterocycles. The van der Waals surface area contributed by atoms with Crippen LogP contribution in [0.1, 0.15) is 27.2 Å². The third-order valence-electron chi connectivity index (χ3n) is 2.31. The first-order chi connectivity index (χ1) is 5.93. The zero-order valence-electron chi connectivity index (χ0n) is 8.28. The molecule has 0 aromatic heterocycles. The van der Waals surface area contributed by atoms with Gasteiger partial charge in [-0.15, -0.1) is 0 Å². The third-order valence-corrected chi connectivity index (χ3v) is 5.51. The molecule has 5 heteroatoms. The van der Waals surface area contributed by atoms with Crippen molar-refractivity contribution < 1.29 is 8.42 Å². The Morgan fingerprint density at radius 1 is 1.46 bits per heavy atom. The number of hydrogen-bond acceptors (Lipinski definition) is 3. The predicted molar refractivity (Wildman–Crippen MR) is 57.5 cm³/mol. The minimum absolute atomic E-state index is 0.136. The van der Waals surface area contributed by atoms with E-state index < -0.39 is 10.0 Å². The van der Waals surface area contributed by atoms with Crippen LogP contribution in [-0.4, -0.2) is 30.7 Å². The van der Waals surface area contributed by atoms with E-state index in [2.05, 4.69) is 11.6 Å². The van der Waals surface area contributed by atoms with Gasteiger partial charge in [0.1, 0.15) is 0 Å². The fraction of sp³-hybridized carbons (Fsp3) is 1.00. The number of nitrogens with one attached hydrogen (secondary N) is 1. The molecule has 13 heavy (non-hydrogen) atoms. The van der Waals surface area contributed by atoms with Gasteiger partial charge < -0.3 is 0 Å². The first kappa shape index (κ1) is 11.3. The SMILES string of the molecule is CC1SCCC1NS(=O)(=O)C(C)C. The van der Waals surface area contributed by atoms with Crippen molar-refractivity contribution in [3.8, 4) is 0 Å². The van der Waals surface area contributed by atoms with Crippen LogP contribution in [0, 0.1) is 0 Å². The van der Waals surface area contributed by atoms with E-state index in [4.69, 9.17) is 0 Å². The van der Waals surface area contributed by atoms with Crippen LogP contribution in [-0.2, 0) is 10.0 Å². The summed E-state index contributed by atoms with van der Waals surface area (Å²) in [6, 6.07) is 0.136. The van der Waals surface area contributed by atoms with Crippen molar-refractivity contribution in [2.24, 2.45) is 0 Å². The molecule has 0 saturated carbocycles. The minimum atomic E-state index is -3.08. The molecule has 1 aliphatic rings. The van der Waals surface area contributed by atoms with Gasteiger partial charge in [0.2, 0.25) is 10.0 Å². The Bertz CT molecular complexity index is 261. The molecule has 1 aliphatic heterocycles. The van der Waals surface area contributed by atoms with Crippen molar-refractivity contribution in [2.75, 3.05) is 5.75 Å². The fourth-order valence-electron chi connectivity index (χ4n) is 1.23. The topological polar surface area (TPSA) is 46.2 Å². The van der Waals surface area contributed by atoms with Gasteiger partial charge in [-0.1, -0.05) is 6.92 Å². The number of sulfonamides is 1. The predicted octanol–water partition coefficient (Wildman–Crippen LogP) is 1.21. The second-order valence-corrected chi connectivity index (χ2v) is 7.44. The highest BCUT2D eigenvalue weighted by Gasteiger charge is 2.29. The van der Waals surface area contributed by atoms with E-state index in [0.29, 0.717) is 5.25 Å². The lowest BCUT2D eigenvalue weighted by Crippen LogP contribution is -2.41. The minimum Gasteiger partial charge on any atom is -0.212 e. The molecule has 1 rings (SSSR count). The zero-order chi connectivity index (χ0) is 10.1. The quantitative estimate of drug-likeness (QED) is 0.782. The van der Waals surface area contributed by atoms with Crippen LogP contribution in [0.3, 0.4) is 0 Å². The maximum Gasteiger partial charge on any atom is 0.214 e. The summed E-state index contributed by atoms with van der Waals surface area (Å²) in [7, 11) is -3.08. The third kappa shape index (κ3) is 2.86. The first-order valence-electron chi connectivity index (χ1n) is 4.56. The van der Waals surface area contributed by atoms with Crippen LogP contribution >= 0.6 is 11.8 Å². The van der Waals surface area contributed by atoms with Crippen molar-refractivity contribution >= 4 is 21.8 Å². The van der Waals surface area contributed by atoms with Gasteiger partial charge in [0.15, 0.2) is 0 Å². The summed E-state index contributed by atoms with van der Waals surface area (Å²) in [6.45, 7) is 5.48. The Balaban J connectivity index is 2.58. The molecule has 0 spiro atoms. The lowest BCUT2D eigenvalue weighted by Gasteiger charge is -2.18. The van der Waals surface area contributed by atoms with E-state index in [1.54, 1.807) is 13.8 Å². The molecule has 1 fully saturated rings. The number of rotatable bonds is 3. The van der Waals surface area contributed by atoms with Crippen molar-refractivity contribution in [3.63, 3.8) is 0 Å². The molecule has 0 aliphatic carbocycles. The molecular weight excluding hydrogens is 206 g/mol. The normalized spacial score (nSPS) is 29.8. The molecule has 2 unspecified atom stereocenters. The molecule has 0 aromatic carbocycles. The molecule has 0 bridgehead atoms. The average Bonchev–Trinajstić information content (AvgIpc) is 2.35. The lowest BCUT2D eigenvalue weighted by molar-refractivity contribution is 0.539. The summed E-state index contributed by atoms with van der Waals surface area (Å²) >= 11 is 1.83. The van der Waals surface area contributed by atoms with Crippen LogP contribution in [0.5, 0.6) is 0 Å². The van der Waals surface area contributed by atoms with E-state index in [0.717, 1.165) is 12.2 Å². The van der Waals surface area contributed by atoms with Gasteiger partial charge in [-0.25, -0.2) is 13.1 Å². The highest BCUT2D eigenvalue weighted by molar-refractivity contribution is 8.00. The summed E-state index contributed by atoms with van der Waals surface area (Å²) < 4.78 is 25.8. The van der Waals surface area contributed by atoms with Crippen LogP contribution in [0.2, 0.25) is 0 Å². The molecule has 0 aromatic rings. The number of hydrogen-bond donors (Lipinski definition) is 1. The molecule has 3 nitrogen and oxygen atoms in total. The Kier molecular flexibility index (Phi) is 3.65. The van der Waals surface area contributed by atoms with Gasteiger partial charge in [-0.05, 0) is 26.0 Å². The Morgan fingerprint density at radius 3 is 2.46 bits per heavy atom. The molecule has 1 heterocycles. The van der Waals surface area contributed by atoms with Crippen molar-refractivity contribution in [1.29, 1.82) is 0 Å². The number of thioether (sulfide) groups is 1. The maximum atomic E-state index is 11.5. The highest BCUT2D eigenvalue weighted by Crippen LogP contribution is 2.26. The van der Waals surface area contributed by atoms with Gasteiger partial charge in [0.05, 0.1) is 5.25 Å². The lowest BCUT2D eigenvalue weighted by atomic mass is 10.2. The average molecular weight is 223 g/mol. The van der Waals surface area contributed by atoms with Crippen molar-refractivity contribution in [3.05, 3.63) is 0 Å². The summed E-state index contributed by atoms with van der Waals surface area (Å²) in [5, 5.41) is 0.0822. The zero-order valence-corrected chi connectivity index (χ0v) is 9.91. The molecular formula is C8H17NO2S2. The van der Waals surface area contributed by atoms with E-state index in [1.807, 2.05) is 11.8 Å². The van der Waals surface area contributed by atoms with Crippen LogP contribution in [0.4, 0.5) is 0 Å². The monoisotopic (exact) mass is 223 g/mol. The van der Waals surface area contributed by atoms with E-state index >= 15 is 0 Å². The molecule has 78 valence electrons. The second kappa shape index (κ2) is 4.19. The Morgan fingerprint density at radius 2 is 2.08 bits per heavy atom. The first-order valence-corrected chi connectivity index (χ1v) is 7.15. The molecule has 1 N–H and O–H groups in total. The van der Waals surface area contributed by atoms with E-state index in [9.17, 15) is 8.42 Å². The van der Waals surface area contributed by atoms with Gasteiger partial charge in [-0.2, -0.15) is 11.8 Å². The van der Waals surface area contributed by atoms with Crippen LogP contribution in [0.15, 0.2) is 0 Å². The summed E-state index contributed by atoms with van der Waals surface area (Å²) in [6.07, 6.45) is 0.956. The summed E-state index contributed by atoms with van der Waals surface area (Å²) in [4.78, 5) is 0. The van der Waals surface area contributed by atoms with Crippen molar-refractivity contribution in [1.82, 2.24) is 4.72 Å².